The fourth-order valence-corrected chi connectivity index (χ4v) is 2.95. The number of nitrogens with one attached hydrogen (secondary N) is 1. The number of fused-ring (bicyclic) bond motifs is 1. The van der Waals surface area contributed by atoms with Gasteiger partial charge < -0.3 is 19.2 Å². The Balaban J connectivity index is 1.50. The van der Waals surface area contributed by atoms with Gasteiger partial charge in [0.25, 0.3) is 0 Å². The molecule has 8 heteroatoms. The first-order valence-electron chi connectivity index (χ1n) is 8.38. The molecule has 0 saturated carbocycles. The minimum absolute atomic E-state index is 0.241. The highest BCUT2D eigenvalue weighted by Gasteiger charge is 2.18. The van der Waals surface area contributed by atoms with E-state index in [-0.39, 0.29) is 6.79 Å². The molecule has 134 valence electrons. The predicted octanol–water partition coefficient (Wildman–Crippen LogP) is 3.26. The van der Waals surface area contributed by atoms with Crippen LogP contribution in [0.4, 0.5) is 5.82 Å². The van der Waals surface area contributed by atoms with Crippen molar-refractivity contribution in [2.45, 2.75) is 6.54 Å². The van der Waals surface area contributed by atoms with Crippen LogP contribution in [0.2, 0.25) is 0 Å². The molecule has 4 aromatic rings. The molecular weight excluding hydrogens is 346 g/mol. The maximum atomic E-state index is 5.58. The second-order valence-electron chi connectivity index (χ2n) is 5.92. The zero-order chi connectivity index (χ0) is 18.1. The minimum Gasteiger partial charge on any atom is -0.472 e. The molecule has 0 saturated heterocycles. The van der Waals surface area contributed by atoms with Gasteiger partial charge in [0.05, 0.1) is 12.5 Å². The number of aromatic nitrogens is 4. The van der Waals surface area contributed by atoms with Crippen LogP contribution in [0.25, 0.3) is 17.1 Å². The summed E-state index contributed by atoms with van der Waals surface area (Å²) in [4.78, 5) is 13.2. The standard InChI is InChI=1S/C19H15N5O3/c1-2-13(17-16(3-1)26-12-27-17)8-21-18-15(14-4-7-25-10-14)9-22-19(23-18)24-6-5-20-11-24/h1-7,9-11H,8,12H2,(H,21,22,23). The molecule has 1 N–H and O–H groups in total. The van der Waals surface area contributed by atoms with E-state index in [4.69, 9.17) is 13.9 Å². The third kappa shape index (κ3) is 2.86. The maximum absolute atomic E-state index is 5.58. The van der Waals surface area contributed by atoms with E-state index in [9.17, 15) is 0 Å². The van der Waals surface area contributed by atoms with E-state index < -0.39 is 0 Å². The summed E-state index contributed by atoms with van der Waals surface area (Å²) in [6.45, 7) is 0.767. The predicted molar refractivity (Wildman–Crippen MR) is 96.7 cm³/mol. The second-order valence-corrected chi connectivity index (χ2v) is 5.92. The maximum Gasteiger partial charge on any atom is 0.236 e. The summed E-state index contributed by atoms with van der Waals surface area (Å²) >= 11 is 0. The molecule has 4 heterocycles. The Hall–Kier alpha value is -3.81. The van der Waals surface area contributed by atoms with Gasteiger partial charge in [-0.25, -0.2) is 9.97 Å². The summed E-state index contributed by atoms with van der Waals surface area (Å²) in [5.41, 5.74) is 2.73. The molecule has 0 aliphatic carbocycles. The number of rotatable bonds is 5. The SMILES string of the molecule is c1cc(CNc2nc(-n3ccnc3)ncc2-c2ccoc2)c2c(c1)OCO2. The molecule has 5 rings (SSSR count). The largest absolute Gasteiger partial charge is 0.472 e. The number of hydrogen-bond acceptors (Lipinski definition) is 7. The van der Waals surface area contributed by atoms with E-state index in [1.165, 1.54) is 0 Å². The van der Waals surface area contributed by atoms with Crippen molar-refractivity contribution in [1.29, 1.82) is 0 Å². The van der Waals surface area contributed by atoms with Crippen LogP contribution in [0.3, 0.4) is 0 Å². The van der Waals surface area contributed by atoms with Gasteiger partial charge in [-0.1, -0.05) is 12.1 Å². The van der Waals surface area contributed by atoms with Crippen LogP contribution in [0.5, 0.6) is 11.5 Å². The first-order valence-corrected chi connectivity index (χ1v) is 8.38. The average molecular weight is 361 g/mol. The lowest BCUT2D eigenvalue weighted by Crippen LogP contribution is -2.08. The second kappa shape index (κ2) is 6.49. The third-order valence-electron chi connectivity index (χ3n) is 4.27. The van der Waals surface area contributed by atoms with Gasteiger partial charge in [0.2, 0.25) is 12.7 Å². The van der Waals surface area contributed by atoms with Gasteiger partial charge in [-0.15, -0.1) is 0 Å². The molecule has 0 spiro atoms. The molecule has 1 aliphatic heterocycles. The van der Waals surface area contributed by atoms with Crippen molar-refractivity contribution < 1.29 is 13.9 Å². The third-order valence-corrected chi connectivity index (χ3v) is 4.27. The Morgan fingerprint density at radius 2 is 2.19 bits per heavy atom. The summed E-state index contributed by atoms with van der Waals surface area (Å²) in [5.74, 6) is 2.73. The Morgan fingerprint density at radius 3 is 3.04 bits per heavy atom. The van der Waals surface area contributed by atoms with Crippen molar-refractivity contribution >= 4 is 5.82 Å². The Labute approximate surface area is 154 Å². The highest BCUT2D eigenvalue weighted by molar-refractivity contribution is 5.74. The van der Waals surface area contributed by atoms with E-state index >= 15 is 0 Å². The van der Waals surface area contributed by atoms with E-state index in [0.29, 0.717) is 18.3 Å². The van der Waals surface area contributed by atoms with Gasteiger partial charge in [0.15, 0.2) is 11.5 Å². The number of furan rings is 1. The summed E-state index contributed by atoms with van der Waals surface area (Å²) in [6, 6.07) is 7.71. The van der Waals surface area contributed by atoms with Crippen LogP contribution in [0.15, 0.2) is 66.1 Å². The number of benzene rings is 1. The first-order chi connectivity index (χ1) is 13.4. The molecule has 0 atom stereocenters. The highest BCUT2D eigenvalue weighted by atomic mass is 16.7. The van der Waals surface area contributed by atoms with Crippen molar-refractivity contribution in [3.8, 4) is 28.6 Å². The summed E-state index contributed by atoms with van der Waals surface area (Å²) < 4.78 is 18.0. The molecule has 0 radical (unpaired) electrons. The smallest absolute Gasteiger partial charge is 0.236 e. The van der Waals surface area contributed by atoms with Gasteiger partial charge in [0.1, 0.15) is 12.1 Å². The van der Waals surface area contributed by atoms with Crippen molar-refractivity contribution in [3.63, 3.8) is 0 Å². The minimum atomic E-state index is 0.241. The first kappa shape index (κ1) is 15.4. The molecule has 3 aromatic heterocycles. The Bertz CT molecular complexity index is 1060. The van der Waals surface area contributed by atoms with Crippen LogP contribution in [0, 0.1) is 0 Å². The van der Waals surface area contributed by atoms with Crippen molar-refractivity contribution in [2.24, 2.45) is 0 Å². The zero-order valence-electron chi connectivity index (χ0n) is 14.2. The molecule has 27 heavy (non-hydrogen) atoms. The molecule has 1 aromatic carbocycles. The van der Waals surface area contributed by atoms with Gasteiger partial charge in [-0.2, -0.15) is 4.98 Å². The van der Waals surface area contributed by atoms with Crippen molar-refractivity contribution in [3.05, 3.63) is 67.3 Å². The van der Waals surface area contributed by atoms with E-state index in [1.54, 1.807) is 42.0 Å². The number of hydrogen-bond donors (Lipinski definition) is 1. The van der Waals surface area contributed by atoms with Gasteiger partial charge in [0, 0.05) is 41.8 Å². The monoisotopic (exact) mass is 361 g/mol. The van der Waals surface area contributed by atoms with Crippen molar-refractivity contribution in [2.75, 3.05) is 12.1 Å². The lowest BCUT2D eigenvalue weighted by Gasteiger charge is -2.12. The van der Waals surface area contributed by atoms with Crippen LogP contribution >= 0.6 is 0 Å². The molecule has 1 aliphatic rings. The van der Waals surface area contributed by atoms with E-state index in [1.807, 2.05) is 24.3 Å². The number of nitrogens with zero attached hydrogens (tertiary/aromatic N) is 4. The number of imidazole rings is 1. The van der Waals surface area contributed by atoms with Crippen LogP contribution in [-0.4, -0.2) is 26.3 Å². The van der Waals surface area contributed by atoms with Crippen molar-refractivity contribution in [1.82, 2.24) is 19.5 Å². The average Bonchev–Trinajstić information content (AvgIpc) is 3.48. The topological polar surface area (TPSA) is 87.2 Å². The number of para-hydroxylation sites is 1. The molecule has 8 nitrogen and oxygen atoms in total. The fourth-order valence-electron chi connectivity index (χ4n) is 2.95. The molecule has 0 fully saturated rings. The molecule has 0 unspecified atom stereocenters. The lowest BCUT2D eigenvalue weighted by molar-refractivity contribution is 0.173. The quantitative estimate of drug-likeness (QED) is 0.584. The normalized spacial score (nSPS) is 12.3. The molecule has 0 bridgehead atoms. The summed E-state index contributed by atoms with van der Waals surface area (Å²) in [7, 11) is 0. The summed E-state index contributed by atoms with van der Waals surface area (Å²) in [5, 5.41) is 3.39. The fraction of sp³-hybridized carbons (Fsp3) is 0.105. The Kier molecular flexibility index (Phi) is 3.71. The van der Waals surface area contributed by atoms with E-state index in [2.05, 4.69) is 20.3 Å². The van der Waals surface area contributed by atoms with Gasteiger partial charge >= 0.3 is 0 Å². The Morgan fingerprint density at radius 1 is 1.19 bits per heavy atom. The van der Waals surface area contributed by atoms with Gasteiger partial charge in [-0.05, 0) is 12.1 Å². The summed E-state index contributed by atoms with van der Waals surface area (Å²) in [6.07, 6.45) is 10.2. The van der Waals surface area contributed by atoms with Gasteiger partial charge in [-0.3, -0.25) is 4.57 Å². The lowest BCUT2D eigenvalue weighted by atomic mass is 10.1. The van der Waals surface area contributed by atoms with Crippen LogP contribution in [-0.2, 0) is 6.54 Å². The zero-order valence-corrected chi connectivity index (χ0v) is 14.2. The number of anilines is 1. The molecular formula is C19H15N5O3. The number of ether oxygens (including phenoxy) is 2. The molecule has 0 amide bonds. The highest BCUT2D eigenvalue weighted by Crippen LogP contribution is 2.36. The van der Waals surface area contributed by atoms with E-state index in [0.717, 1.165) is 28.2 Å². The van der Waals surface area contributed by atoms with Crippen LogP contribution in [0.1, 0.15) is 5.56 Å². The van der Waals surface area contributed by atoms with Crippen LogP contribution < -0.4 is 14.8 Å².